The SMILES string of the molecule is O=C(O)c1ccc(C(=O)N2CCN3C(=O)CCC3C2)s1. The lowest BCUT2D eigenvalue weighted by molar-refractivity contribution is -0.130. The van der Waals surface area contributed by atoms with E-state index in [1.807, 2.05) is 4.90 Å². The van der Waals surface area contributed by atoms with Crippen LogP contribution in [-0.4, -0.2) is 58.4 Å². The number of amides is 2. The second-order valence-electron chi connectivity index (χ2n) is 5.00. The molecular formula is C13H14N2O4S. The van der Waals surface area contributed by atoms with Gasteiger partial charge in [-0.25, -0.2) is 4.79 Å². The van der Waals surface area contributed by atoms with Crippen LogP contribution < -0.4 is 0 Å². The largest absolute Gasteiger partial charge is 0.477 e. The molecule has 1 aromatic heterocycles. The zero-order chi connectivity index (χ0) is 14.3. The van der Waals surface area contributed by atoms with Gasteiger partial charge in [0.2, 0.25) is 5.91 Å². The monoisotopic (exact) mass is 294 g/mol. The van der Waals surface area contributed by atoms with Gasteiger partial charge in [-0.2, -0.15) is 0 Å². The summed E-state index contributed by atoms with van der Waals surface area (Å²) in [6.45, 7) is 1.64. The maximum atomic E-state index is 12.3. The van der Waals surface area contributed by atoms with E-state index >= 15 is 0 Å². The third kappa shape index (κ3) is 2.18. The molecule has 0 spiro atoms. The Hall–Kier alpha value is -1.89. The molecule has 0 aliphatic carbocycles. The van der Waals surface area contributed by atoms with Gasteiger partial charge in [0.1, 0.15) is 4.88 Å². The lowest BCUT2D eigenvalue weighted by Crippen LogP contribution is -2.53. The summed E-state index contributed by atoms with van der Waals surface area (Å²) < 4.78 is 0. The third-order valence-electron chi connectivity index (χ3n) is 3.81. The topological polar surface area (TPSA) is 77.9 Å². The summed E-state index contributed by atoms with van der Waals surface area (Å²) in [5, 5.41) is 8.88. The van der Waals surface area contributed by atoms with Gasteiger partial charge in [-0.05, 0) is 18.6 Å². The molecule has 0 aromatic carbocycles. The predicted octanol–water partition coefficient (Wildman–Crippen LogP) is 0.893. The molecule has 2 aliphatic heterocycles. The van der Waals surface area contributed by atoms with E-state index in [0.717, 1.165) is 17.8 Å². The van der Waals surface area contributed by atoms with E-state index in [-0.39, 0.29) is 22.7 Å². The number of fused-ring (bicyclic) bond motifs is 1. The highest BCUT2D eigenvalue weighted by atomic mass is 32.1. The van der Waals surface area contributed by atoms with E-state index in [0.29, 0.717) is 30.9 Å². The Kier molecular flexibility index (Phi) is 3.21. The maximum absolute atomic E-state index is 12.3. The Bertz CT molecular complexity index is 583. The first kappa shape index (κ1) is 13.1. The fourth-order valence-corrected chi connectivity index (χ4v) is 3.59. The van der Waals surface area contributed by atoms with Crippen molar-refractivity contribution in [3.63, 3.8) is 0 Å². The number of carbonyl (C=O) groups is 3. The average Bonchev–Trinajstić information content (AvgIpc) is 3.05. The highest BCUT2D eigenvalue weighted by molar-refractivity contribution is 7.15. The second-order valence-corrected chi connectivity index (χ2v) is 6.08. The minimum absolute atomic E-state index is 0.124. The van der Waals surface area contributed by atoms with Crippen LogP contribution in [-0.2, 0) is 4.79 Å². The summed E-state index contributed by atoms with van der Waals surface area (Å²) in [5.74, 6) is -0.979. The number of hydrogen-bond acceptors (Lipinski definition) is 4. The van der Waals surface area contributed by atoms with Crippen molar-refractivity contribution in [1.82, 2.24) is 9.80 Å². The summed E-state index contributed by atoms with van der Waals surface area (Å²) >= 11 is 0.997. The van der Waals surface area contributed by atoms with Gasteiger partial charge in [-0.3, -0.25) is 9.59 Å². The molecule has 1 N–H and O–H groups in total. The number of thiophene rings is 1. The molecule has 20 heavy (non-hydrogen) atoms. The van der Waals surface area contributed by atoms with Crippen molar-refractivity contribution >= 4 is 29.1 Å². The first-order chi connectivity index (χ1) is 9.56. The van der Waals surface area contributed by atoms with Crippen LogP contribution in [0.3, 0.4) is 0 Å². The summed E-state index contributed by atoms with van der Waals surface area (Å²) in [6, 6.07) is 3.14. The Morgan fingerprint density at radius 1 is 1.25 bits per heavy atom. The Morgan fingerprint density at radius 2 is 2.00 bits per heavy atom. The molecule has 3 rings (SSSR count). The van der Waals surface area contributed by atoms with Crippen molar-refractivity contribution in [2.45, 2.75) is 18.9 Å². The van der Waals surface area contributed by atoms with Gasteiger partial charge in [0, 0.05) is 32.1 Å². The molecule has 0 bridgehead atoms. The first-order valence-electron chi connectivity index (χ1n) is 6.48. The van der Waals surface area contributed by atoms with Crippen molar-refractivity contribution in [3.05, 3.63) is 21.9 Å². The van der Waals surface area contributed by atoms with Gasteiger partial charge >= 0.3 is 5.97 Å². The van der Waals surface area contributed by atoms with E-state index in [9.17, 15) is 14.4 Å². The minimum atomic E-state index is -1.01. The van der Waals surface area contributed by atoms with E-state index in [4.69, 9.17) is 5.11 Å². The number of carboxylic acid groups (broad SMARTS) is 1. The van der Waals surface area contributed by atoms with Crippen molar-refractivity contribution in [2.75, 3.05) is 19.6 Å². The average molecular weight is 294 g/mol. The number of nitrogens with zero attached hydrogens (tertiary/aromatic N) is 2. The quantitative estimate of drug-likeness (QED) is 0.879. The molecule has 1 unspecified atom stereocenters. The minimum Gasteiger partial charge on any atom is -0.477 e. The summed E-state index contributed by atoms with van der Waals surface area (Å²) in [5.41, 5.74) is 0. The van der Waals surface area contributed by atoms with Crippen molar-refractivity contribution in [2.24, 2.45) is 0 Å². The van der Waals surface area contributed by atoms with Gasteiger partial charge in [0.05, 0.1) is 4.88 Å². The lowest BCUT2D eigenvalue weighted by Gasteiger charge is -2.37. The molecule has 2 saturated heterocycles. The zero-order valence-electron chi connectivity index (χ0n) is 10.7. The number of hydrogen-bond donors (Lipinski definition) is 1. The van der Waals surface area contributed by atoms with Crippen LogP contribution in [0.15, 0.2) is 12.1 Å². The molecule has 2 amide bonds. The van der Waals surface area contributed by atoms with Crippen molar-refractivity contribution in [1.29, 1.82) is 0 Å². The van der Waals surface area contributed by atoms with Crippen LogP contribution in [0.2, 0.25) is 0 Å². The van der Waals surface area contributed by atoms with Crippen LogP contribution in [0, 0.1) is 0 Å². The molecule has 2 aliphatic rings. The molecule has 6 nitrogen and oxygen atoms in total. The van der Waals surface area contributed by atoms with Crippen LogP contribution in [0.1, 0.15) is 32.2 Å². The van der Waals surface area contributed by atoms with E-state index in [1.165, 1.54) is 6.07 Å². The number of piperazine rings is 1. The lowest BCUT2D eigenvalue weighted by atomic mass is 10.1. The molecule has 3 heterocycles. The molecule has 2 fully saturated rings. The van der Waals surface area contributed by atoms with E-state index in [2.05, 4.69) is 0 Å². The Morgan fingerprint density at radius 3 is 2.70 bits per heavy atom. The van der Waals surface area contributed by atoms with Crippen LogP contribution in [0.25, 0.3) is 0 Å². The Balaban J connectivity index is 1.71. The predicted molar refractivity (Wildman–Crippen MR) is 71.9 cm³/mol. The number of carbonyl (C=O) groups excluding carboxylic acids is 2. The summed E-state index contributed by atoms with van der Waals surface area (Å²) in [6.07, 6.45) is 1.36. The second kappa shape index (κ2) is 4.90. The number of rotatable bonds is 2. The van der Waals surface area contributed by atoms with Gasteiger partial charge in [0.15, 0.2) is 0 Å². The van der Waals surface area contributed by atoms with Gasteiger partial charge in [0.25, 0.3) is 5.91 Å². The zero-order valence-corrected chi connectivity index (χ0v) is 11.6. The number of carboxylic acids is 1. The molecule has 1 atom stereocenters. The number of aromatic carboxylic acids is 1. The third-order valence-corrected chi connectivity index (χ3v) is 4.87. The van der Waals surface area contributed by atoms with Crippen molar-refractivity contribution in [3.8, 4) is 0 Å². The fourth-order valence-electron chi connectivity index (χ4n) is 2.77. The smallest absolute Gasteiger partial charge is 0.345 e. The van der Waals surface area contributed by atoms with Crippen LogP contribution >= 0.6 is 11.3 Å². The van der Waals surface area contributed by atoms with Gasteiger partial charge in [-0.1, -0.05) is 0 Å². The highest BCUT2D eigenvalue weighted by Crippen LogP contribution is 2.25. The molecule has 1 aromatic rings. The van der Waals surface area contributed by atoms with Crippen molar-refractivity contribution < 1.29 is 19.5 Å². The molecule has 0 saturated carbocycles. The molecular weight excluding hydrogens is 280 g/mol. The molecule has 0 radical (unpaired) electrons. The Labute approximate surface area is 119 Å². The van der Waals surface area contributed by atoms with E-state index < -0.39 is 5.97 Å². The standard InChI is InChI=1S/C13H14N2O4S/c16-11-4-1-8-7-14(5-6-15(8)11)12(17)9-2-3-10(20-9)13(18)19/h2-3,8H,1,4-7H2,(H,18,19). The van der Waals surface area contributed by atoms with Crippen LogP contribution in [0.5, 0.6) is 0 Å². The van der Waals surface area contributed by atoms with Gasteiger partial charge < -0.3 is 14.9 Å². The fraction of sp³-hybridized carbons (Fsp3) is 0.462. The summed E-state index contributed by atoms with van der Waals surface area (Å²) in [4.78, 5) is 39.0. The van der Waals surface area contributed by atoms with Gasteiger partial charge in [-0.15, -0.1) is 11.3 Å². The normalized spacial score (nSPS) is 22.0. The first-order valence-corrected chi connectivity index (χ1v) is 7.30. The van der Waals surface area contributed by atoms with Crippen LogP contribution in [0.4, 0.5) is 0 Å². The maximum Gasteiger partial charge on any atom is 0.345 e. The molecule has 7 heteroatoms. The van der Waals surface area contributed by atoms with E-state index in [1.54, 1.807) is 11.0 Å². The molecule has 106 valence electrons. The highest BCUT2D eigenvalue weighted by Gasteiger charge is 2.37. The summed E-state index contributed by atoms with van der Waals surface area (Å²) in [7, 11) is 0.